The van der Waals surface area contributed by atoms with Crippen LogP contribution in [-0.2, 0) is 9.59 Å². The van der Waals surface area contributed by atoms with Gasteiger partial charge in [-0.15, -0.1) is 0 Å². The molecule has 0 spiro atoms. The number of aliphatic carboxylic acids is 1. The topological polar surface area (TPSA) is 66.4 Å². The van der Waals surface area contributed by atoms with Gasteiger partial charge in [0.2, 0.25) is 5.91 Å². The molecule has 1 aromatic carbocycles. The fraction of sp³-hybridized carbons (Fsp3) is 0.385. The molecule has 0 aromatic heterocycles. The predicted octanol–water partition coefficient (Wildman–Crippen LogP) is 3.20. The van der Waals surface area contributed by atoms with E-state index in [9.17, 15) is 9.59 Å². The van der Waals surface area contributed by atoms with E-state index < -0.39 is 11.4 Å². The fourth-order valence-electron chi connectivity index (χ4n) is 1.48. The minimum absolute atomic E-state index is 0.202. The van der Waals surface area contributed by atoms with E-state index in [1.165, 1.54) is 0 Å². The zero-order chi connectivity index (χ0) is 13.9. The van der Waals surface area contributed by atoms with E-state index >= 15 is 0 Å². The Hall–Kier alpha value is -1.36. The quantitative estimate of drug-likeness (QED) is 0.897. The first kappa shape index (κ1) is 14.7. The minimum Gasteiger partial charge on any atom is -0.481 e. The number of nitrogens with one attached hydrogen (secondary N) is 1. The molecule has 4 nitrogen and oxygen atoms in total. The number of carbonyl (C=O) groups is 2. The summed E-state index contributed by atoms with van der Waals surface area (Å²) in [4.78, 5) is 22.7. The number of carboxylic acids is 1. The summed E-state index contributed by atoms with van der Waals surface area (Å²) in [6, 6.07) is 5.56. The van der Waals surface area contributed by atoms with Gasteiger partial charge in [-0.25, -0.2) is 0 Å². The van der Waals surface area contributed by atoms with E-state index in [1.54, 1.807) is 19.9 Å². The molecule has 0 aliphatic carbocycles. The van der Waals surface area contributed by atoms with Crippen LogP contribution in [0.25, 0.3) is 0 Å². The first-order chi connectivity index (χ1) is 8.22. The van der Waals surface area contributed by atoms with Crippen LogP contribution in [0.15, 0.2) is 22.7 Å². The Morgan fingerprint density at radius 1 is 1.39 bits per heavy atom. The lowest BCUT2D eigenvalue weighted by molar-refractivity contribution is -0.142. The summed E-state index contributed by atoms with van der Waals surface area (Å²) in [5.41, 5.74) is 0.672. The maximum atomic E-state index is 12.0. The molecule has 0 fully saturated rings. The maximum Gasteiger partial charge on any atom is 0.304 e. The number of carboxylic acid groups (broad SMARTS) is 1. The Morgan fingerprint density at radius 2 is 2.00 bits per heavy atom. The highest BCUT2D eigenvalue weighted by Crippen LogP contribution is 2.26. The van der Waals surface area contributed by atoms with E-state index in [0.29, 0.717) is 5.69 Å². The number of anilines is 1. The molecule has 0 aliphatic rings. The summed E-state index contributed by atoms with van der Waals surface area (Å²) in [6.07, 6.45) is -0.202. The number of carbonyl (C=O) groups excluding carboxylic acids is 1. The number of hydrogen-bond acceptors (Lipinski definition) is 2. The van der Waals surface area contributed by atoms with Gasteiger partial charge in [-0.05, 0) is 24.6 Å². The minimum atomic E-state index is -0.985. The average Bonchev–Trinajstić information content (AvgIpc) is 2.21. The molecule has 0 saturated heterocycles. The number of rotatable bonds is 4. The van der Waals surface area contributed by atoms with Gasteiger partial charge in [0.05, 0.1) is 11.8 Å². The SMILES string of the molecule is Cc1ccc(Br)cc1NC(=O)C(C)(C)CC(=O)O. The summed E-state index contributed by atoms with van der Waals surface area (Å²) in [5.74, 6) is -1.28. The lowest BCUT2D eigenvalue weighted by Gasteiger charge is -2.22. The second kappa shape index (κ2) is 5.52. The van der Waals surface area contributed by atoms with Crippen LogP contribution in [0.3, 0.4) is 0 Å². The Balaban J connectivity index is 2.87. The summed E-state index contributed by atoms with van der Waals surface area (Å²) in [5, 5.41) is 11.5. The first-order valence-electron chi connectivity index (χ1n) is 5.52. The monoisotopic (exact) mass is 313 g/mol. The van der Waals surface area contributed by atoms with E-state index in [0.717, 1.165) is 10.0 Å². The molecule has 0 heterocycles. The van der Waals surface area contributed by atoms with Crippen molar-refractivity contribution >= 4 is 33.5 Å². The van der Waals surface area contributed by atoms with Gasteiger partial charge in [0, 0.05) is 10.2 Å². The van der Waals surface area contributed by atoms with Crippen molar-refractivity contribution in [3.63, 3.8) is 0 Å². The Kier molecular flexibility index (Phi) is 4.51. The van der Waals surface area contributed by atoms with Crippen molar-refractivity contribution in [2.24, 2.45) is 5.41 Å². The van der Waals surface area contributed by atoms with Gasteiger partial charge >= 0.3 is 5.97 Å². The molecule has 2 N–H and O–H groups in total. The zero-order valence-electron chi connectivity index (χ0n) is 10.6. The Labute approximate surface area is 115 Å². The highest BCUT2D eigenvalue weighted by atomic mass is 79.9. The van der Waals surface area contributed by atoms with Crippen LogP contribution in [0, 0.1) is 12.3 Å². The van der Waals surface area contributed by atoms with Crippen molar-refractivity contribution in [3.05, 3.63) is 28.2 Å². The van der Waals surface area contributed by atoms with Crippen molar-refractivity contribution in [3.8, 4) is 0 Å². The van der Waals surface area contributed by atoms with Gasteiger partial charge in [-0.2, -0.15) is 0 Å². The second-order valence-corrected chi connectivity index (χ2v) is 5.78. The van der Waals surface area contributed by atoms with E-state index in [1.807, 2.05) is 19.1 Å². The molecule has 0 bridgehead atoms. The predicted molar refractivity (Wildman–Crippen MR) is 73.5 cm³/mol. The molecule has 0 radical (unpaired) electrons. The molecule has 0 unspecified atom stereocenters. The third-order valence-electron chi connectivity index (χ3n) is 2.66. The van der Waals surface area contributed by atoms with Crippen LogP contribution in [0.2, 0.25) is 0 Å². The van der Waals surface area contributed by atoms with Crippen molar-refractivity contribution in [2.75, 3.05) is 5.32 Å². The third kappa shape index (κ3) is 3.84. The molecule has 98 valence electrons. The van der Waals surface area contributed by atoms with Crippen molar-refractivity contribution in [1.29, 1.82) is 0 Å². The van der Waals surface area contributed by atoms with Crippen LogP contribution in [0.5, 0.6) is 0 Å². The largest absolute Gasteiger partial charge is 0.481 e. The normalized spacial score (nSPS) is 11.1. The van der Waals surface area contributed by atoms with Gasteiger partial charge in [-0.1, -0.05) is 35.8 Å². The van der Waals surface area contributed by atoms with Crippen LogP contribution >= 0.6 is 15.9 Å². The number of hydrogen-bond donors (Lipinski definition) is 2. The van der Waals surface area contributed by atoms with Gasteiger partial charge in [0.25, 0.3) is 0 Å². The standard InChI is InChI=1S/C13H16BrNO3/c1-8-4-5-9(14)6-10(8)15-12(18)13(2,3)7-11(16)17/h4-6H,7H2,1-3H3,(H,15,18)(H,16,17). The summed E-state index contributed by atoms with van der Waals surface area (Å²) in [6.45, 7) is 5.11. The smallest absolute Gasteiger partial charge is 0.304 e. The molecule has 1 rings (SSSR count). The highest BCUT2D eigenvalue weighted by Gasteiger charge is 2.30. The molecule has 5 heteroatoms. The lowest BCUT2D eigenvalue weighted by Crippen LogP contribution is -2.33. The van der Waals surface area contributed by atoms with Crippen LogP contribution in [0.4, 0.5) is 5.69 Å². The van der Waals surface area contributed by atoms with Gasteiger partial charge in [0.15, 0.2) is 0 Å². The summed E-state index contributed by atoms with van der Waals surface area (Å²) >= 11 is 3.33. The van der Waals surface area contributed by atoms with Crippen LogP contribution < -0.4 is 5.32 Å². The highest BCUT2D eigenvalue weighted by molar-refractivity contribution is 9.10. The molecular formula is C13H16BrNO3. The average molecular weight is 314 g/mol. The Bertz CT molecular complexity index is 483. The molecule has 0 aliphatic heterocycles. The molecule has 1 aromatic rings. The van der Waals surface area contributed by atoms with Crippen molar-refractivity contribution < 1.29 is 14.7 Å². The molecule has 18 heavy (non-hydrogen) atoms. The van der Waals surface area contributed by atoms with Gasteiger partial charge < -0.3 is 10.4 Å². The van der Waals surface area contributed by atoms with Gasteiger partial charge in [-0.3, -0.25) is 9.59 Å². The molecular weight excluding hydrogens is 298 g/mol. The molecule has 0 saturated carbocycles. The molecule has 1 amide bonds. The van der Waals surface area contributed by atoms with E-state index in [4.69, 9.17) is 5.11 Å². The zero-order valence-corrected chi connectivity index (χ0v) is 12.2. The first-order valence-corrected chi connectivity index (χ1v) is 6.31. The summed E-state index contributed by atoms with van der Waals surface area (Å²) < 4.78 is 0.861. The number of aryl methyl sites for hydroxylation is 1. The van der Waals surface area contributed by atoms with Crippen molar-refractivity contribution in [1.82, 2.24) is 0 Å². The lowest BCUT2D eigenvalue weighted by atomic mass is 9.88. The number of benzene rings is 1. The summed E-state index contributed by atoms with van der Waals surface area (Å²) in [7, 11) is 0. The van der Waals surface area contributed by atoms with E-state index in [-0.39, 0.29) is 12.3 Å². The third-order valence-corrected chi connectivity index (χ3v) is 3.15. The van der Waals surface area contributed by atoms with Crippen LogP contribution in [0.1, 0.15) is 25.8 Å². The number of amides is 1. The van der Waals surface area contributed by atoms with Crippen molar-refractivity contribution in [2.45, 2.75) is 27.2 Å². The second-order valence-electron chi connectivity index (χ2n) is 4.87. The molecule has 0 atom stereocenters. The Morgan fingerprint density at radius 3 is 2.56 bits per heavy atom. The van der Waals surface area contributed by atoms with E-state index in [2.05, 4.69) is 21.2 Å². The van der Waals surface area contributed by atoms with Gasteiger partial charge in [0.1, 0.15) is 0 Å². The number of halogens is 1. The van der Waals surface area contributed by atoms with Crippen LogP contribution in [-0.4, -0.2) is 17.0 Å². The fourth-order valence-corrected chi connectivity index (χ4v) is 1.84. The maximum absolute atomic E-state index is 12.0.